The van der Waals surface area contributed by atoms with E-state index in [-0.39, 0.29) is 6.10 Å². The Balaban J connectivity index is 2.01. The summed E-state index contributed by atoms with van der Waals surface area (Å²) in [6.07, 6.45) is 0.261. The normalized spacial score (nSPS) is 19.1. The fourth-order valence-electron chi connectivity index (χ4n) is 1.08. The number of hydrogen-bond donors (Lipinski definition) is 0. The van der Waals surface area contributed by atoms with E-state index in [1.54, 1.807) is 19.2 Å². The Bertz CT molecular complexity index is 323. The van der Waals surface area contributed by atoms with Crippen LogP contribution in [-0.2, 0) is 4.74 Å². The molecule has 0 saturated carbocycles. The lowest BCUT2D eigenvalue weighted by molar-refractivity contribution is 0.262. The van der Waals surface area contributed by atoms with Crippen molar-refractivity contribution in [3.63, 3.8) is 0 Å². The molecule has 2 rings (SSSR count). The highest BCUT2D eigenvalue weighted by Crippen LogP contribution is 2.28. The van der Waals surface area contributed by atoms with Crippen LogP contribution in [0.2, 0.25) is 5.02 Å². The molecule has 76 valence electrons. The number of ether oxygens (including phenoxy) is 3. The van der Waals surface area contributed by atoms with Crippen LogP contribution in [0.1, 0.15) is 0 Å². The topological polar surface area (TPSA) is 31.0 Å². The van der Waals surface area contributed by atoms with Crippen LogP contribution in [0.15, 0.2) is 18.2 Å². The summed E-state index contributed by atoms with van der Waals surface area (Å²) < 4.78 is 15.6. The zero-order valence-electron chi connectivity index (χ0n) is 7.83. The molecule has 1 aliphatic heterocycles. The number of benzene rings is 1. The van der Waals surface area contributed by atoms with Crippen molar-refractivity contribution >= 4 is 11.6 Å². The van der Waals surface area contributed by atoms with E-state index in [2.05, 4.69) is 0 Å². The van der Waals surface area contributed by atoms with Crippen LogP contribution >= 0.6 is 11.6 Å². The van der Waals surface area contributed by atoms with Crippen LogP contribution in [0.5, 0.6) is 11.5 Å². The van der Waals surface area contributed by atoms with Crippen molar-refractivity contribution in [1.29, 1.82) is 0 Å². The molecule has 0 aliphatic carbocycles. The van der Waals surface area contributed by atoms with Gasteiger partial charge in [-0.15, -0.1) is 0 Å². The third kappa shape index (κ3) is 2.30. The van der Waals surface area contributed by atoms with Crippen LogP contribution in [0.3, 0.4) is 0 Å². The molecule has 1 saturated heterocycles. The summed E-state index contributed by atoms with van der Waals surface area (Å²) in [6, 6.07) is 5.33. The second kappa shape index (κ2) is 4.07. The zero-order chi connectivity index (χ0) is 9.97. The van der Waals surface area contributed by atoms with E-state index in [0.717, 1.165) is 12.4 Å². The average Bonchev–Trinajstić information content (AvgIpc) is 3.00. The van der Waals surface area contributed by atoms with Gasteiger partial charge in [-0.2, -0.15) is 0 Å². The van der Waals surface area contributed by atoms with Gasteiger partial charge in [0, 0.05) is 6.07 Å². The van der Waals surface area contributed by atoms with Gasteiger partial charge in [-0.1, -0.05) is 11.6 Å². The third-order valence-corrected chi connectivity index (χ3v) is 2.27. The van der Waals surface area contributed by atoms with Crippen LogP contribution in [0, 0.1) is 0 Å². The Morgan fingerprint density at radius 1 is 1.57 bits per heavy atom. The van der Waals surface area contributed by atoms with E-state index < -0.39 is 0 Å². The fraction of sp³-hybridized carbons (Fsp3) is 0.400. The maximum Gasteiger partial charge on any atom is 0.141 e. The quantitative estimate of drug-likeness (QED) is 0.720. The minimum absolute atomic E-state index is 0.261. The molecule has 1 aliphatic rings. The van der Waals surface area contributed by atoms with E-state index in [9.17, 15) is 0 Å². The van der Waals surface area contributed by atoms with Crippen molar-refractivity contribution in [2.45, 2.75) is 6.10 Å². The molecule has 0 N–H and O–H groups in total. The van der Waals surface area contributed by atoms with Gasteiger partial charge < -0.3 is 14.2 Å². The average molecular weight is 215 g/mol. The summed E-state index contributed by atoms with van der Waals surface area (Å²) >= 11 is 5.87. The van der Waals surface area contributed by atoms with Crippen molar-refractivity contribution in [1.82, 2.24) is 0 Å². The lowest BCUT2D eigenvalue weighted by Gasteiger charge is -2.07. The minimum atomic E-state index is 0.261. The fourth-order valence-corrected chi connectivity index (χ4v) is 1.28. The van der Waals surface area contributed by atoms with Gasteiger partial charge in [-0.25, -0.2) is 0 Å². The number of rotatable bonds is 4. The van der Waals surface area contributed by atoms with Crippen molar-refractivity contribution in [2.24, 2.45) is 0 Å². The van der Waals surface area contributed by atoms with E-state index in [1.165, 1.54) is 0 Å². The molecule has 1 atom stereocenters. The molecule has 1 heterocycles. The van der Waals surface area contributed by atoms with Crippen LogP contribution in [0.25, 0.3) is 0 Å². The smallest absolute Gasteiger partial charge is 0.141 e. The number of methoxy groups -OCH3 is 1. The highest BCUT2D eigenvalue weighted by Gasteiger charge is 2.23. The molecule has 0 radical (unpaired) electrons. The number of epoxide rings is 1. The largest absolute Gasteiger partial charge is 0.495 e. The van der Waals surface area contributed by atoms with Crippen LogP contribution < -0.4 is 9.47 Å². The maximum absolute atomic E-state index is 5.87. The maximum atomic E-state index is 5.87. The van der Waals surface area contributed by atoms with Crippen molar-refractivity contribution in [3.8, 4) is 11.5 Å². The predicted molar refractivity (Wildman–Crippen MR) is 53.2 cm³/mol. The first-order chi connectivity index (χ1) is 6.79. The minimum Gasteiger partial charge on any atom is -0.495 e. The van der Waals surface area contributed by atoms with E-state index in [4.69, 9.17) is 25.8 Å². The molecule has 0 spiro atoms. The SMILES string of the molecule is COc1cc(OC[C@@H]2CO2)ccc1Cl. The number of hydrogen-bond acceptors (Lipinski definition) is 3. The van der Waals surface area contributed by atoms with Gasteiger partial charge in [0.15, 0.2) is 0 Å². The Hall–Kier alpha value is -0.930. The molecule has 14 heavy (non-hydrogen) atoms. The summed E-state index contributed by atoms with van der Waals surface area (Å²) in [5, 5.41) is 0.586. The lowest BCUT2D eigenvalue weighted by Crippen LogP contribution is -2.03. The van der Waals surface area contributed by atoms with Gasteiger partial charge >= 0.3 is 0 Å². The molecule has 1 aromatic rings. The van der Waals surface area contributed by atoms with Crippen molar-refractivity contribution < 1.29 is 14.2 Å². The second-order valence-corrected chi connectivity index (χ2v) is 3.47. The Morgan fingerprint density at radius 2 is 2.36 bits per heavy atom. The lowest BCUT2D eigenvalue weighted by atomic mass is 10.3. The second-order valence-electron chi connectivity index (χ2n) is 3.06. The zero-order valence-corrected chi connectivity index (χ0v) is 8.58. The van der Waals surface area contributed by atoms with Crippen LogP contribution in [0.4, 0.5) is 0 Å². The summed E-state index contributed by atoms with van der Waals surface area (Å²) in [4.78, 5) is 0. The van der Waals surface area contributed by atoms with Gasteiger partial charge in [0.25, 0.3) is 0 Å². The molecule has 0 bridgehead atoms. The first-order valence-corrected chi connectivity index (χ1v) is 4.75. The highest BCUT2D eigenvalue weighted by molar-refractivity contribution is 6.32. The Morgan fingerprint density at radius 3 is 3.00 bits per heavy atom. The van der Waals surface area contributed by atoms with Gasteiger partial charge in [-0.05, 0) is 12.1 Å². The molecule has 1 aromatic carbocycles. The summed E-state index contributed by atoms with van der Waals surface area (Å²) in [7, 11) is 1.58. The molecule has 1 fully saturated rings. The number of halogens is 1. The molecule has 4 heteroatoms. The highest BCUT2D eigenvalue weighted by atomic mass is 35.5. The van der Waals surface area contributed by atoms with Crippen molar-refractivity contribution in [2.75, 3.05) is 20.3 Å². The van der Waals surface area contributed by atoms with E-state index in [1.807, 2.05) is 6.07 Å². The first kappa shape index (κ1) is 9.62. The van der Waals surface area contributed by atoms with Gasteiger partial charge in [0.1, 0.15) is 24.2 Å². The van der Waals surface area contributed by atoms with E-state index in [0.29, 0.717) is 17.4 Å². The third-order valence-electron chi connectivity index (χ3n) is 1.96. The molecular formula is C10H11ClO3. The molecule has 3 nitrogen and oxygen atoms in total. The van der Waals surface area contributed by atoms with Gasteiger partial charge in [-0.3, -0.25) is 0 Å². The summed E-state index contributed by atoms with van der Waals surface area (Å²) in [5.74, 6) is 1.38. The monoisotopic (exact) mass is 214 g/mol. The van der Waals surface area contributed by atoms with Crippen LogP contribution in [-0.4, -0.2) is 26.4 Å². The molecule has 0 amide bonds. The predicted octanol–water partition coefficient (Wildman–Crippen LogP) is 2.13. The molecular weight excluding hydrogens is 204 g/mol. The first-order valence-electron chi connectivity index (χ1n) is 4.37. The Kier molecular flexibility index (Phi) is 2.79. The standard InChI is InChI=1S/C10H11ClO3/c1-12-10-4-7(2-3-9(10)11)13-5-8-6-14-8/h2-4,8H,5-6H2,1H3/t8-/m1/s1. The summed E-state index contributed by atoms with van der Waals surface area (Å²) in [6.45, 7) is 1.38. The summed E-state index contributed by atoms with van der Waals surface area (Å²) in [5.41, 5.74) is 0. The van der Waals surface area contributed by atoms with Gasteiger partial charge in [0.2, 0.25) is 0 Å². The molecule has 0 unspecified atom stereocenters. The van der Waals surface area contributed by atoms with Crippen molar-refractivity contribution in [3.05, 3.63) is 23.2 Å². The van der Waals surface area contributed by atoms with E-state index >= 15 is 0 Å². The molecule has 0 aromatic heterocycles. The Labute approximate surface area is 87.5 Å². The van der Waals surface area contributed by atoms with Gasteiger partial charge in [0.05, 0.1) is 18.7 Å².